The Morgan fingerprint density at radius 3 is 2.72 bits per heavy atom. The molecule has 2 aromatic carbocycles. The predicted molar refractivity (Wildman–Crippen MR) is 91.2 cm³/mol. The summed E-state index contributed by atoms with van der Waals surface area (Å²) >= 11 is 0. The second kappa shape index (κ2) is 7.17. The highest BCUT2D eigenvalue weighted by atomic mass is 19.1. The Bertz CT molecular complexity index is 873. The summed E-state index contributed by atoms with van der Waals surface area (Å²) in [5.41, 5.74) is 0.916. The van der Waals surface area contributed by atoms with E-state index in [0.717, 1.165) is 0 Å². The number of carbonyl (C=O) groups excluding carboxylic acids is 1. The molecule has 0 radical (unpaired) electrons. The highest BCUT2D eigenvalue weighted by Crippen LogP contribution is 2.29. The topological polar surface area (TPSA) is 57.1 Å². The van der Waals surface area contributed by atoms with Crippen LogP contribution >= 0.6 is 0 Å². The first kappa shape index (κ1) is 16.7. The van der Waals surface area contributed by atoms with E-state index in [1.807, 2.05) is 6.92 Å². The summed E-state index contributed by atoms with van der Waals surface area (Å²) < 4.78 is 29.6. The lowest BCUT2D eigenvalue weighted by Gasteiger charge is -2.09. The average Bonchev–Trinajstić information content (AvgIpc) is 2.97. The highest BCUT2D eigenvalue weighted by molar-refractivity contribution is 6.12. The van der Waals surface area contributed by atoms with Gasteiger partial charge in [-0.2, -0.15) is 0 Å². The van der Waals surface area contributed by atoms with Crippen molar-refractivity contribution < 1.29 is 23.4 Å². The third-order valence-corrected chi connectivity index (χ3v) is 3.52. The minimum absolute atomic E-state index is 0.0488. The monoisotopic (exact) mass is 341 g/mol. The normalized spacial score (nSPS) is 15.1. The van der Waals surface area contributed by atoms with Gasteiger partial charge in [-0.15, -0.1) is 0 Å². The number of esters is 1. The lowest BCUT2D eigenvalue weighted by Crippen LogP contribution is -2.07. The molecule has 0 aliphatic carbocycles. The van der Waals surface area contributed by atoms with E-state index in [0.29, 0.717) is 23.7 Å². The number of benzene rings is 2. The van der Waals surface area contributed by atoms with Crippen LogP contribution in [0.2, 0.25) is 0 Å². The Balaban J connectivity index is 1.93. The zero-order chi connectivity index (χ0) is 17.8. The molecule has 0 N–H and O–H groups in total. The fourth-order valence-corrected chi connectivity index (χ4v) is 2.37. The van der Waals surface area contributed by atoms with Gasteiger partial charge in [0.2, 0.25) is 5.90 Å². The van der Waals surface area contributed by atoms with Crippen molar-refractivity contribution in [3.05, 3.63) is 65.1 Å². The molecule has 0 amide bonds. The Morgan fingerprint density at radius 1 is 1.20 bits per heavy atom. The zero-order valence-corrected chi connectivity index (χ0v) is 13.8. The number of hydrogen-bond donors (Lipinski definition) is 0. The Hall–Kier alpha value is -3.15. The number of aliphatic imine (C=N–C) groups is 1. The molecule has 128 valence electrons. The van der Waals surface area contributed by atoms with Gasteiger partial charge in [0.05, 0.1) is 19.3 Å². The van der Waals surface area contributed by atoms with E-state index >= 15 is 0 Å². The van der Waals surface area contributed by atoms with Crippen LogP contribution in [0, 0.1) is 5.82 Å². The fraction of sp³-hybridized carbons (Fsp3) is 0.158. The van der Waals surface area contributed by atoms with Gasteiger partial charge in [0.25, 0.3) is 0 Å². The van der Waals surface area contributed by atoms with Crippen LogP contribution in [0.4, 0.5) is 4.39 Å². The second-order valence-corrected chi connectivity index (χ2v) is 5.16. The molecule has 0 saturated carbocycles. The molecule has 0 spiro atoms. The maximum atomic E-state index is 13.8. The van der Waals surface area contributed by atoms with E-state index in [-0.39, 0.29) is 17.2 Å². The fourth-order valence-electron chi connectivity index (χ4n) is 2.37. The predicted octanol–water partition coefficient (Wildman–Crippen LogP) is 3.58. The van der Waals surface area contributed by atoms with Crippen molar-refractivity contribution >= 4 is 17.9 Å². The van der Waals surface area contributed by atoms with Gasteiger partial charge in [-0.05, 0) is 42.8 Å². The van der Waals surface area contributed by atoms with E-state index in [2.05, 4.69) is 4.99 Å². The van der Waals surface area contributed by atoms with Gasteiger partial charge in [0.15, 0.2) is 17.2 Å². The van der Waals surface area contributed by atoms with Crippen LogP contribution in [0.1, 0.15) is 18.1 Å². The maximum absolute atomic E-state index is 13.8. The third kappa shape index (κ3) is 3.52. The summed E-state index contributed by atoms with van der Waals surface area (Å²) in [6, 6.07) is 11.2. The van der Waals surface area contributed by atoms with E-state index in [1.54, 1.807) is 36.4 Å². The molecule has 0 bridgehead atoms. The molecule has 3 rings (SSSR count). The van der Waals surface area contributed by atoms with Crippen LogP contribution < -0.4 is 9.47 Å². The van der Waals surface area contributed by atoms with Gasteiger partial charge in [-0.3, -0.25) is 0 Å². The lowest BCUT2D eigenvalue weighted by molar-refractivity contribution is -0.129. The van der Waals surface area contributed by atoms with Gasteiger partial charge in [-0.1, -0.05) is 18.2 Å². The summed E-state index contributed by atoms with van der Waals surface area (Å²) in [6.45, 7) is 2.39. The number of ether oxygens (including phenoxy) is 3. The molecule has 1 aliphatic heterocycles. The van der Waals surface area contributed by atoms with Crippen molar-refractivity contribution in [3.63, 3.8) is 0 Å². The minimum atomic E-state index is -0.633. The lowest BCUT2D eigenvalue weighted by atomic mass is 10.1. The Morgan fingerprint density at radius 2 is 2.00 bits per heavy atom. The Labute approximate surface area is 144 Å². The standard InChI is InChI=1S/C19H16FNO4/c1-3-24-16-9-8-12(11-17(16)23-2)10-15-19(22)25-18(21-15)13-6-4-5-7-14(13)20/h4-11H,3H2,1-2H3/b15-10+. The van der Waals surface area contributed by atoms with Gasteiger partial charge >= 0.3 is 5.97 Å². The SMILES string of the molecule is CCOc1ccc(/C=C2/N=C(c3ccccc3F)OC2=O)cc1OC. The molecule has 0 atom stereocenters. The summed E-state index contributed by atoms with van der Waals surface area (Å²) in [5.74, 6) is -0.0334. The maximum Gasteiger partial charge on any atom is 0.363 e. The van der Waals surface area contributed by atoms with E-state index < -0.39 is 11.8 Å². The highest BCUT2D eigenvalue weighted by Gasteiger charge is 2.26. The van der Waals surface area contributed by atoms with Crippen molar-refractivity contribution in [1.29, 1.82) is 0 Å². The number of carbonyl (C=O) groups is 1. The van der Waals surface area contributed by atoms with E-state index in [4.69, 9.17) is 14.2 Å². The van der Waals surface area contributed by atoms with Gasteiger partial charge in [0, 0.05) is 0 Å². The average molecular weight is 341 g/mol. The first-order chi connectivity index (χ1) is 12.1. The molecular weight excluding hydrogens is 325 g/mol. The molecule has 0 aromatic heterocycles. The van der Waals surface area contributed by atoms with Gasteiger partial charge in [-0.25, -0.2) is 14.2 Å². The molecular formula is C19H16FNO4. The molecule has 25 heavy (non-hydrogen) atoms. The van der Waals surface area contributed by atoms with Crippen molar-refractivity contribution in [2.24, 2.45) is 4.99 Å². The van der Waals surface area contributed by atoms with Crippen molar-refractivity contribution in [1.82, 2.24) is 0 Å². The van der Waals surface area contributed by atoms with Crippen LogP contribution in [-0.2, 0) is 9.53 Å². The Kier molecular flexibility index (Phi) is 4.79. The molecule has 0 unspecified atom stereocenters. The quantitative estimate of drug-likeness (QED) is 0.616. The molecule has 1 aliphatic rings. The molecule has 2 aromatic rings. The zero-order valence-electron chi connectivity index (χ0n) is 13.8. The van der Waals surface area contributed by atoms with Crippen molar-refractivity contribution in [2.45, 2.75) is 6.92 Å². The third-order valence-electron chi connectivity index (χ3n) is 3.52. The van der Waals surface area contributed by atoms with Crippen LogP contribution in [0.15, 0.2) is 53.2 Å². The number of methoxy groups -OCH3 is 1. The summed E-state index contributed by atoms with van der Waals surface area (Å²) in [5, 5.41) is 0. The van der Waals surface area contributed by atoms with Crippen LogP contribution in [0.5, 0.6) is 11.5 Å². The smallest absolute Gasteiger partial charge is 0.363 e. The van der Waals surface area contributed by atoms with Crippen LogP contribution in [-0.4, -0.2) is 25.6 Å². The van der Waals surface area contributed by atoms with Gasteiger partial charge < -0.3 is 14.2 Å². The largest absolute Gasteiger partial charge is 0.493 e. The first-order valence-electron chi connectivity index (χ1n) is 7.70. The van der Waals surface area contributed by atoms with E-state index in [1.165, 1.54) is 19.2 Å². The number of halogens is 1. The number of nitrogens with zero attached hydrogens (tertiary/aromatic N) is 1. The molecule has 5 nitrogen and oxygen atoms in total. The molecule has 0 fully saturated rings. The summed E-state index contributed by atoms with van der Waals surface area (Å²) in [4.78, 5) is 16.1. The number of rotatable bonds is 5. The van der Waals surface area contributed by atoms with Crippen LogP contribution in [0.3, 0.4) is 0 Å². The summed E-state index contributed by atoms with van der Waals surface area (Å²) in [6.07, 6.45) is 1.55. The van der Waals surface area contributed by atoms with E-state index in [9.17, 15) is 9.18 Å². The van der Waals surface area contributed by atoms with Crippen molar-refractivity contribution in [3.8, 4) is 11.5 Å². The molecule has 6 heteroatoms. The second-order valence-electron chi connectivity index (χ2n) is 5.16. The van der Waals surface area contributed by atoms with Crippen LogP contribution in [0.25, 0.3) is 6.08 Å². The minimum Gasteiger partial charge on any atom is -0.493 e. The number of cyclic esters (lactones) is 1. The van der Waals surface area contributed by atoms with Crippen molar-refractivity contribution in [2.75, 3.05) is 13.7 Å². The first-order valence-corrected chi connectivity index (χ1v) is 7.70. The molecule has 1 heterocycles. The van der Waals surface area contributed by atoms with Gasteiger partial charge in [0.1, 0.15) is 5.82 Å². The number of hydrogen-bond acceptors (Lipinski definition) is 5. The molecule has 0 saturated heterocycles. The summed E-state index contributed by atoms with van der Waals surface area (Å²) in [7, 11) is 1.53.